The molecule has 0 radical (unpaired) electrons. The molecular weight excluding hydrogens is 443 g/mol. The van der Waals surface area contributed by atoms with Crippen LogP contribution in [0.3, 0.4) is 0 Å². The summed E-state index contributed by atoms with van der Waals surface area (Å²) in [5.41, 5.74) is 3.24. The molecule has 0 amide bonds. The molecule has 0 spiro atoms. The molecule has 2 N–H and O–H groups in total. The molecule has 2 aromatic rings. The van der Waals surface area contributed by atoms with E-state index in [1.807, 2.05) is 6.92 Å². The van der Waals surface area contributed by atoms with Gasteiger partial charge in [-0.3, -0.25) is 5.32 Å². The third-order valence-electron chi connectivity index (χ3n) is 6.00. The zero-order valence-electron chi connectivity index (χ0n) is 19.0. The van der Waals surface area contributed by atoms with Crippen molar-refractivity contribution in [3.05, 3.63) is 59.2 Å². The Balaban J connectivity index is 0.00000385. The normalized spacial score (nSPS) is 15.3. The van der Waals surface area contributed by atoms with Gasteiger partial charge in [0.25, 0.3) is 0 Å². The van der Waals surface area contributed by atoms with E-state index in [1.54, 1.807) is 12.1 Å². The van der Waals surface area contributed by atoms with E-state index >= 15 is 0 Å². The van der Waals surface area contributed by atoms with Crippen LogP contribution in [0.1, 0.15) is 79.5 Å². The number of piperidine rings is 1. The van der Waals surface area contributed by atoms with Crippen LogP contribution in [-0.4, -0.2) is 88.4 Å². The van der Waals surface area contributed by atoms with E-state index in [9.17, 15) is 14.7 Å². The second-order valence-electron chi connectivity index (χ2n) is 8.22. The van der Waals surface area contributed by atoms with Gasteiger partial charge in [0.15, 0.2) is 0 Å². The second-order valence-corrected chi connectivity index (χ2v) is 8.22. The van der Waals surface area contributed by atoms with E-state index in [-0.39, 0.29) is 68.7 Å². The Morgan fingerprint density at radius 1 is 1.15 bits per heavy atom. The Bertz CT molecular complexity index is 915. The van der Waals surface area contributed by atoms with Gasteiger partial charge >= 0.3 is 57.4 Å². The van der Waals surface area contributed by atoms with Gasteiger partial charge in [0, 0.05) is 24.8 Å². The Morgan fingerprint density at radius 2 is 1.88 bits per heavy atom. The first-order valence-electron chi connectivity index (χ1n) is 11.6. The van der Waals surface area contributed by atoms with E-state index in [0.717, 1.165) is 32.2 Å². The molecule has 174 valence electrons. The molecule has 1 aliphatic heterocycles. The summed E-state index contributed by atoms with van der Waals surface area (Å²) in [6, 6.07) is 12.8. The van der Waals surface area contributed by atoms with E-state index in [1.165, 1.54) is 36.6 Å². The molecule has 7 heteroatoms. The fourth-order valence-corrected chi connectivity index (χ4v) is 4.44. The van der Waals surface area contributed by atoms with Crippen LogP contribution in [0.25, 0.3) is 0 Å². The molecule has 2 unspecified atom stereocenters. The maximum atomic E-state index is 12.1. The number of hydrogen-bond acceptors (Lipinski definition) is 5. The minimum absolute atomic E-state index is 0. The third kappa shape index (κ3) is 7.38. The van der Waals surface area contributed by atoms with Crippen LogP contribution in [-0.2, 0) is 4.79 Å². The van der Waals surface area contributed by atoms with Crippen molar-refractivity contribution in [2.24, 2.45) is 0 Å². The standard InChI is InChI=1S/C26H34N2O4.K.H/c1-3-10-22(20-11-6-7-12-24(20)28-15-8-5-9-16-28)27-23(18-29)19-13-14-21(26(30)31)25(17-19)32-4-2;;/h6-7,11-14,17-18,22-23,27H,3-5,8-10,15-16H2,1-2H3,(H,30,31);;. The molecule has 0 saturated carbocycles. The molecule has 33 heavy (non-hydrogen) atoms. The van der Waals surface area contributed by atoms with Crippen molar-refractivity contribution in [1.82, 2.24) is 5.32 Å². The van der Waals surface area contributed by atoms with Gasteiger partial charge in [-0.1, -0.05) is 37.6 Å². The zero-order valence-corrected chi connectivity index (χ0v) is 19.0. The molecule has 1 saturated heterocycles. The van der Waals surface area contributed by atoms with E-state index in [0.29, 0.717) is 12.2 Å². The number of rotatable bonds is 11. The van der Waals surface area contributed by atoms with E-state index < -0.39 is 12.0 Å². The molecule has 1 fully saturated rings. The summed E-state index contributed by atoms with van der Waals surface area (Å²) in [7, 11) is 0. The van der Waals surface area contributed by atoms with Crippen LogP contribution < -0.4 is 15.0 Å². The van der Waals surface area contributed by atoms with Crippen LogP contribution in [0.15, 0.2) is 42.5 Å². The number of carboxylic acids is 1. The summed E-state index contributed by atoms with van der Waals surface area (Å²) in [5, 5.41) is 13.0. The SMILES string of the molecule is CCCC(NC(C=O)c1ccc(C(=O)O)c(OCC)c1)c1ccccc1N1CCCCC1.[KH]. The summed E-state index contributed by atoms with van der Waals surface area (Å²) in [4.78, 5) is 26.1. The molecule has 6 nitrogen and oxygen atoms in total. The Kier molecular flexibility index (Phi) is 12.1. The van der Waals surface area contributed by atoms with Crippen molar-refractivity contribution in [2.75, 3.05) is 24.6 Å². The predicted octanol–water partition coefficient (Wildman–Crippen LogP) is 4.50. The van der Waals surface area contributed by atoms with Crippen molar-refractivity contribution in [3.8, 4) is 5.75 Å². The Morgan fingerprint density at radius 3 is 2.52 bits per heavy atom. The van der Waals surface area contributed by atoms with Crippen LogP contribution >= 0.6 is 0 Å². The van der Waals surface area contributed by atoms with Crippen molar-refractivity contribution >= 4 is 69.3 Å². The number of benzene rings is 2. The minimum atomic E-state index is -1.05. The van der Waals surface area contributed by atoms with E-state index in [4.69, 9.17) is 4.74 Å². The van der Waals surface area contributed by atoms with Gasteiger partial charge in [0.2, 0.25) is 0 Å². The number of aromatic carboxylic acids is 1. The number of para-hydroxylation sites is 1. The number of carbonyl (C=O) groups is 2. The summed E-state index contributed by atoms with van der Waals surface area (Å²) in [6.07, 6.45) is 6.43. The van der Waals surface area contributed by atoms with Crippen LogP contribution in [0.2, 0.25) is 0 Å². The Hall–Kier alpha value is -1.22. The summed E-state index contributed by atoms with van der Waals surface area (Å²) in [6.45, 7) is 6.42. The number of anilines is 1. The molecule has 2 aromatic carbocycles. The quantitative estimate of drug-likeness (QED) is 0.366. The molecule has 0 bridgehead atoms. The fourth-order valence-electron chi connectivity index (χ4n) is 4.44. The molecule has 0 aromatic heterocycles. The van der Waals surface area contributed by atoms with Gasteiger partial charge in [0.05, 0.1) is 12.6 Å². The van der Waals surface area contributed by atoms with Crippen LogP contribution in [0.5, 0.6) is 5.75 Å². The molecule has 1 aliphatic rings. The first-order valence-corrected chi connectivity index (χ1v) is 11.6. The van der Waals surface area contributed by atoms with Gasteiger partial charge in [-0.15, -0.1) is 0 Å². The fraction of sp³-hybridized carbons (Fsp3) is 0.462. The second kappa shape index (κ2) is 14.2. The van der Waals surface area contributed by atoms with Gasteiger partial charge in [0.1, 0.15) is 17.6 Å². The monoisotopic (exact) mass is 478 g/mol. The average molecular weight is 479 g/mol. The van der Waals surface area contributed by atoms with Crippen LogP contribution in [0.4, 0.5) is 5.69 Å². The van der Waals surface area contributed by atoms with Gasteiger partial charge in [-0.05, 0) is 61.9 Å². The summed E-state index contributed by atoms with van der Waals surface area (Å²) >= 11 is 0. The molecule has 1 heterocycles. The van der Waals surface area contributed by atoms with Gasteiger partial charge in [-0.2, -0.15) is 0 Å². The predicted molar refractivity (Wildman–Crippen MR) is 134 cm³/mol. The van der Waals surface area contributed by atoms with E-state index in [2.05, 4.69) is 41.4 Å². The summed E-state index contributed by atoms with van der Waals surface area (Å²) < 4.78 is 5.54. The molecule has 0 aliphatic carbocycles. The molecule has 2 atom stereocenters. The van der Waals surface area contributed by atoms with Gasteiger partial charge in [-0.25, -0.2) is 4.79 Å². The Labute approximate surface area is 239 Å². The summed E-state index contributed by atoms with van der Waals surface area (Å²) in [5.74, 6) is -0.762. The number of nitrogens with one attached hydrogen (secondary N) is 1. The molecule has 3 rings (SSSR count). The zero-order chi connectivity index (χ0) is 22.9. The number of nitrogens with zero attached hydrogens (tertiary/aromatic N) is 1. The van der Waals surface area contributed by atoms with Crippen molar-refractivity contribution in [2.45, 2.75) is 58.0 Å². The maximum absolute atomic E-state index is 12.1. The first-order chi connectivity index (χ1) is 15.6. The van der Waals surface area contributed by atoms with Crippen LogP contribution in [0, 0.1) is 0 Å². The van der Waals surface area contributed by atoms with Crippen molar-refractivity contribution < 1.29 is 19.4 Å². The number of ether oxygens (including phenoxy) is 1. The number of hydrogen-bond donors (Lipinski definition) is 2. The number of carbonyl (C=O) groups excluding carboxylic acids is 1. The van der Waals surface area contributed by atoms with Crippen molar-refractivity contribution in [3.63, 3.8) is 0 Å². The van der Waals surface area contributed by atoms with Gasteiger partial charge < -0.3 is 19.5 Å². The number of carboxylic acid groups (broad SMARTS) is 1. The molecular formula is C26H35KN2O4. The number of aldehydes is 1. The topological polar surface area (TPSA) is 78.9 Å². The third-order valence-corrected chi connectivity index (χ3v) is 6.00. The average Bonchev–Trinajstić information content (AvgIpc) is 2.82. The van der Waals surface area contributed by atoms with Crippen molar-refractivity contribution in [1.29, 1.82) is 0 Å². The first kappa shape index (κ1) is 28.0.